The van der Waals surface area contributed by atoms with E-state index in [4.69, 9.17) is 76.9 Å². The zero-order chi connectivity index (χ0) is 32.4. The molecule has 14 heteroatoms. The van der Waals surface area contributed by atoms with Crippen molar-refractivity contribution in [1.29, 1.82) is 0 Å². The van der Waals surface area contributed by atoms with Crippen molar-refractivity contribution < 1.29 is 18.9 Å². The quantitative estimate of drug-likeness (QED) is 0.0789. The Balaban J connectivity index is 0.000000131. The largest absolute Gasteiger partial charge is 0.526 e. The van der Waals surface area contributed by atoms with E-state index in [1.165, 1.54) is 0 Å². The molecule has 0 bridgehead atoms. The molecule has 0 aliphatic heterocycles. The number of hydrogen-bond donors (Lipinski definition) is 2. The van der Waals surface area contributed by atoms with Crippen LogP contribution < -0.4 is 0 Å². The van der Waals surface area contributed by atoms with Crippen molar-refractivity contribution in [1.82, 2.24) is 19.9 Å². The lowest BCUT2D eigenvalue weighted by Gasteiger charge is -2.01. The van der Waals surface area contributed by atoms with Gasteiger partial charge in [0.25, 0.3) is 0 Å². The molecule has 3 aromatic carbocycles. The summed E-state index contributed by atoms with van der Waals surface area (Å²) in [6.07, 6.45) is 9.40. The van der Waals surface area contributed by atoms with Crippen LogP contribution in [0.1, 0.15) is 0 Å². The van der Waals surface area contributed by atoms with E-state index in [-0.39, 0.29) is 15.7 Å². The van der Waals surface area contributed by atoms with Gasteiger partial charge in [-0.05, 0) is 59.6 Å². The van der Waals surface area contributed by atoms with Gasteiger partial charge in [-0.15, -0.1) is 0 Å². The highest BCUT2D eigenvalue weighted by atomic mass is 35.5. The molecule has 0 spiro atoms. The van der Waals surface area contributed by atoms with Crippen molar-refractivity contribution in [3.63, 3.8) is 0 Å². The fraction of sp³-hybridized carbons (Fsp3) is 0. The number of fused-ring (bicyclic) bond motifs is 6. The molecule has 1 aliphatic rings. The van der Waals surface area contributed by atoms with Gasteiger partial charge in [-0.2, -0.15) is 0 Å². The molecule has 8 nitrogen and oxygen atoms in total. The maximum Gasteiger partial charge on any atom is 0.526 e. The minimum atomic E-state index is -1.40. The summed E-state index contributed by atoms with van der Waals surface area (Å²) in [4.78, 5) is 16.5. The van der Waals surface area contributed by atoms with Gasteiger partial charge in [0, 0.05) is 50.7 Å². The predicted octanol–water partition coefficient (Wildman–Crippen LogP) is 9.54. The number of rotatable bonds is 2. The van der Waals surface area contributed by atoms with Crippen molar-refractivity contribution in [2.45, 2.75) is 0 Å². The Kier molecular flexibility index (Phi) is 9.56. The first kappa shape index (κ1) is 31.9. The average molecular weight is 710 g/mol. The van der Waals surface area contributed by atoms with E-state index >= 15 is 0 Å². The monoisotopic (exact) mass is 707 g/mol. The second-order valence-corrected chi connectivity index (χ2v) is 11.4. The van der Waals surface area contributed by atoms with Gasteiger partial charge in [-0.3, -0.25) is 0 Å². The summed E-state index contributed by atoms with van der Waals surface area (Å²) < 4.78 is 11.4. The average Bonchev–Trinajstić information content (AvgIpc) is 3.60. The first-order valence-electron chi connectivity index (χ1n) is 13.3. The van der Waals surface area contributed by atoms with Crippen molar-refractivity contribution in [3.05, 3.63) is 128 Å². The molecule has 4 aromatic heterocycles. The molecule has 1 aliphatic carbocycles. The summed E-state index contributed by atoms with van der Waals surface area (Å²) >= 11 is 29.7. The Hall–Kier alpha value is -4.02. The van der Waals surface area contributed by atoms with Crippen LogP contribution in [-0.2, 0) is 0 Å². The Morgan fingerprint density at radius 3 is 1.80 bits per heavy atom. The van der Waals surface area contributed by atoms with Crippen LogP contribution in [0.2, 0.25) is 25.8 Å². The highest BCUT2D eigenvalue weighted by Gasteiger charge is 2.19. The number of furan rings is 2. The van der Waals surface area contributed by atoms with Gasteiger partial charge in [0.05, 0.1) is 0 Å². The molecular weight excluding hydrogens is 692 g/mol. The first-order valence-corrected chi connectivity index (χ1v) is 15.2. The van der Waals surface area contributed by atoms with E-state index in [1.807, 2.05) is 42.5 Å². The van der Waals surface area contributed by atoms with Gasteiger partial charge < -0.3 is 18.9 Å². The van der Waals surface area contributed by atoms with Crippen LogP contribution in [0.5, 0.6) is 0 Å². The Morgan fingerprint density at radius 1 is 0.652 bits per heavy atom. The zero-order valence-corrected chi connectivity index (χ0v) is 26.9. The van der Waals surface area contributed by atoms with Crippen LogP contribution >= 0.6 is 58.0 Å². The highest BCUT2D eigenvalue weighted by Crippen LogP contribution is 2.36. The summed E-state index contributed by atoms with van der Waals surface area (Å²) in [5.41, 5.74) is 5.65. The maximum atomic E-state index is 8.55. The summed E-state index contributed by atoms with van der Waals surface area (Å²) in [7, 11) is -1.40. The number of halogens is 5. The molecule has 46 heavy (non-hydrogen) atoms. The molecule has 0 fully saturated rings. The fourth-order valence-electron chi connectivity index (χ4n) is 4.50. The third-order valence-electron chi connectivity index (χ3n) is 6.51. The van der Waals surface area contributed by atoms with Gasteiger partial charge in [-0.25, -0.2) is 19.9 Å². The maximum absolute atomic E-state index is 8.55. The van der Waals surface area contributed by atoms with Crippen molar-refractivity contribution >= 4 is 109 Å². The van der Waals surface area contributed by atoms with Gasteiger partial charge in [0.1, 0.15) is 39.4 Å². The molecular formula is C32H17BCl5N4O4+. The van der Waals surface area contributed by atoms with Crippen LogP contribution in [-0.4, -0.2) is 37.1 Å². The third kappa shape index (κ3) is 6.88. The highest BCUT2D eigenvalue weighted by molar-refractivity contribution is 6.51. The summed E-state index contributed by atoms with van der Waals surface area (Å²) in [6, 6.07) is 20.4. The van der Waals surface area contributed by atoms with Crippen LogP contribution in [0, 0.1) is 6.08 Å². The Bertz CT molecular complexity index is 2320. The van der Waals surface area contributed by atoms with Gasteiger partial charge in [0.15, 0.2) is 16.3 Å². The van der Waals surface area contributed by atoms with Gasteiger partial charge in [0.2, 0.25) is 10.6 Å². The zero-order valence-electron chi connectivity index (χ0n) is 23.1. The number of aromatic nitrogens is 4. The third-order valence-corrected chi connectivity index (χ3v) is 7.58. The molecule has 0 unspecified atom stereocenters. The smallest absolute Gasteiger partial charge is 0.452 e. The van der Waals surface area contributed by atoms with E-state index in [9.17, 15) is 0 Å². The minimum absolute atomic E-state index is 0.0835. The summed E-state index contributed by atoms with van der Waals surface area (Å²) in [6.45, 7) is 0. The minimum Gasteiger partial charge on any atom is -0.452 e. The number of allylic oxidation sites excluding steroid dienone is 6. The van der Waals surface area contributed by atoms with E-state index in [0.29, 0.717) is 54.6 Å². The SMILES string of the molecule is Clc1ccc2oc3c(-c4ccccc4)nc(Cl)nc3c2c1.Clc1ccc2oc3c(Cl)nc(Cl)nc3c2c1.OB(O)C1=CC=CC=[C+]1. The number of benzene rings is 3. The normalized spacial score (nSPS) is 12.0. The lowest BCUT2D eigenvalue weighted by molar-refractivity contribution is 0.420. The van der Waals surface area contributed by atoms with Crippen LogP contribution in [0.4, 0.5) is 0 Å². The molecule has 8 rings (SSSR count). The van der Waals surface area contributed by atoms with E-state index in [2.05, 4.69) is 26.0 Å². The van der Waals surface area contributed by atoms with Crippen LogP contribution in [0.25, 0.3) is 55.4 Å². The molecule has 4 heterocycles. The molecule has 0 saturated carbocycles. The molecule has 226 valence electrons. The van der Waals surface area contributed by atoms with Crippen LogP contribution in [0.15, 0.2) is 105 Å². The molecule has 7 aromatic rings. The van der Waals surface area contributed by atoms with E-state index in [1.54, 1.807) is 48.6 Å². The van der Waals surface area contributed by atoms with Crippen LogP contribution in [0.3, 0.4) is 0 Å². The molecule has 0 saturated heterocycles. The van der Waals surface area contributed by atoms with Gasteiger partial charge in [-0.1, -0.05) is 65.1 Å². The molecule has 0 radical (unpaired) electrons. The van der Waals surface area contributed by atoms with E-state index in [0.717, 1.165) is 16.3 Å². The molecule has 0 atom stereocenters. The van der Waals surface area contributed by atoms with Gasteiger partial charge >= 0.3 is 7.12 Å². The predicted molar refractivity (Wildman–Crippen MR) is 184 cm³/mol. The standard InChI is InChI=1S/C16H8Cl2N2O.C10H3Cl3N2O.C6H6BO2/c17-10-6-7-12-11(8-10)14-15(21-12)13(19-16(18)20-14)9-4-2-1-3-5-9;11-4-1-2-6-5(3-4)7-8(16-6)9(12)15-10(13)14-7;8-7(9)6-4-2-1-3-5-6/h1-8H;1-3H;1-4,8-9H/q;;+1. The van der Waals surface area contributed by atoms with E-state index < -0.39 is 7.12 Å². The number of hydrogen-bond acceptors (Lipinski definition) is 8. The Labute approximate surface area is 286 Å². The lowest BCUT2D eigenvalue weighted by Crippen LogP contribution is -2.14. The summed E-state index contributed by atoms with van der Waals surface area (Å²) in [5, 5.41) is 20.4. The topological polar surface area (TPSA) is 118 Å². The van der Waals surface area contributed by atoms with Crippen molar-refractivity contribution in [3.8, 4) is 11.3 Å². The number of nitrogens with zero attached hydrogens (tertiary/aromatic N) is 4. The molecule has 0 amide bonds. The van der Waals surface area contributed by atoms with Crippen molar-refractivity contribution in [2.24, 2.45) is 0 Å². The first-order chi connectivity index (χ1) is 22.2. The fourth-order valence-corrected chi connectivity index (χ4v) is 5.44. The Morgan fingerprint density at radius 2 is 1.24 bits per heavy atom. The lowest BCUT2D eigenvalue weighted by atomic mass is 9.78. The second kappa shape index (κ2) is 13.8. The second-order valence-electron chi connectivity index (χ2n) is 9.52. The summed E-state index contributed by atoms with van der Waals surface area (Å²) in [5.74, 6) is 0. The molecule has 2 N–H and O–H groups in total. The van der Waals surface area contributed by atoms with Crippen molar-refractivity contribution in [2.75, 3.05) is 0 Å².